The molecular formula is C22H27NO6. The first-order valence-electron chi connectivity index (χ1n) is 8.99. The van der Waals surface area contributed by atoms with E-state index in [9.17, 15) is 19.9 Å². The molecule has 0 aliphatic carbocycles. The number of carbonyl (C=O) groups excluding carboxylic acids is 1. The number of carboxylic acid groups (broad SMARTS) is 2. The Labute approximate surface area is 170 Å². The Kier molecular flexibility index (Phi) is 9.74. The van der Waals surface area contributed by atoms with Gasteiger partial charge in [0.15, 0.2) is 0 Å². The maximum absolute atomic E-state index is 9.77. The third-order valence-electron chi connectivity index (χ3n) is 3.77. The zero-order valence-corrected chi connectivity index (χ0v) is 16.8. The van der Waals surface area contributed by atoms with Crippen molar-refractivity contribution >= 4 is 11.9 Å². The minimum Gasteiger partial charge on any atom is -0.545 e. The first-order chi connectivity index (χ1) is 13.6. The van der Waals surface area contributed by atoms with Crippen LogP contribution in [0.1, 0.15) is 22.8 Å². The van der Waals surface area contributed by atoms with Gasteiger partial charge >= 0.3 is 5.97 Å². The Morgan fingerprint density at radius 1 is 1.03 bits per heavy atom. The number of nitrogens with zero attached hydrogens (tertiary/aromatic N) is 1. The molecule has 0 bridgehead atoms. The number of hydrogen-bond donors (Lipinski definition) is 2. The van der Waals surface area contributed by atoms with E-state index in [2.05, 4.69) is 43.3 Å². The number of likely N-dealkylation sites (N-methyl/N-ethyl adjacent to an activating group) is 1. The molecule has 2 aromatic rings. The molecule has 1 atom stereocenters. The molecule has 0 radical (unpaired) electrons. The lowest BCUT2D eigenvalue weighted by Gasteiger charge is -2.23. The lowest BCUT2D eigenvalue weighted by Crippen LogP contribution is -2.38. The smallest absolute Gasteiger partial charge is 0.328 e. The number of aliphatic carboxylic acids is 2. The summed E-state index contributed by atoms with van der Waals surface area (Å²) in [4.78, 5) is 19.0. The van der Waals surface area contributed by atoms with E-state index in [-0.39, 0.29) is 10.8 Å². The minimum absolute atomic E-state index is 0.0879. The van der Waals surface area contributed by atoms with E-state index in [1.807, 2.05) is 18.2 Å². The van der Waals surface area contributed by atoms with Gasteiger partial charge in [-0.3, -0.25) is 0 Å². The van der Waals surface area contributed by atoms with E-state index in [0.29, 0.717) is 25.3 Å². The van der Waals surface area contributed by atoms with Crippen LogP contribution in [0.4, 0.5) is 0 Å². The second kappa shape index (κ2) is 11.8. The highest BCUT2D eigenvalue weighted by molar-refractivity contribution is 5.88. The van der Waals surface area contributed by atoms with Crippen LogP contribution in [0, 0.1) is 6.92 Å². The molecule has 1 unspecified atom stereocenters. The van der Waals surface area contributed by atoms with Crippen molar-refractivity contribution in [2.75, 3.05) is 27.2 Å². The zero-order chi connectivity index (χ0) is 21.9. The average molecular weight is 401 g/mol. The second-order valence-corrected chi connectivity index (χ2v) is 6.91. The Bertz CT molecular complexity index is 778. The van der Waals surface area contributed by atoms with E-state index >= 15 is 0 Å². The van der Waals surface area contributed by atoms with Crippen molar-refractivity contribution in [2.24, 2.45) is 0 Å². The van der Waals surface area contributed by atoms with E-state index in [1.54, 1.807) is 14.1 Å². The molecule has 156 valence electrons. The van der Waals surface area contributed by atoms with Gasteiger partial charge in [0.05, 0.1) is 26.7 Å². The summed E-state index contributed by atoms with van der Waals surface area (Å²) in [5.41, 5.74) is 3.50. The fourth-order valence-electron chi connectivity index (χ4n) is 2.29. The van der Waals surface area contributed by atoms with Crippen molar-refractivity contribution in [3.63, 3.8) is 0 Å². The molecule has 0 amide bonds. The van der Waals surface area contributed by atoms with Crippen molar-refractivity contribution in [1.82, 2.24) is 0 Å². The number of aryl methyl sites for hydroxylation is 1. The molecule has 0 spiro atoms. The monoisotopic (exact) mass is 401 g/mol. The number of ether oxygens (including phenoxy) is 1. The molecular weight excluding hydrogens is 374 g/mol. The Hall–Kier alpha value is -3.00. The summed E-state index contributed by atoms with van der Waals surface area (Å²) in [6.45, 7) is 3.13. The minimum atomic E-state index is -1.51. The number of carboxylic acids is 2. The van der Waals surface area contributed by atoms with Crippen LogP contribution >= 0.6 is 0 Å². The van der Waals surface area contributed by atoms with Gasteiger partial charge in [0.25, 0.3) is 0 Å². The molecule has 0 heterocycles. The molecule has 2 aromatic carbocycles. The lowest BCUT2D eigenvalue weighted by molar-refractivity contribution is -1.07. The number of carbonyl (C=O) groups is 2. The number of benzene rings is 2. The molecule has 0 saturated carbocycles. The summed E-state index contributed by atoms with van der Waals surface area (Å²) < 4.78 is 5.97. The van der Waals surface area contributed by atoms with E-state index < -0.39 is 11.9 Å². The predicted molar refractivity (Wildman–Crippen MR) is 106 cm³/mol. The molecule has 2 N–H and O–H groups in total. The highest BCUT2D eigenvalue weighted by atomic mass is 16.5. The van der Waals surface area contributed by atoms with Crippen LogP contribution < -0.4 is 5.11 Å². The Morgan fingerprint density at radius 3 is 2.03 bits per heavy atom. The quantitative estimate of drug-likeness (QED) is 0.398. The van der Waals surface area contributed by atoms with Gasteiger partial charge in [-0.2, -0.15) is 4.65 Å². The van der Waals surface area contributed by atoms with Crippen molar-refractivity contribution in [1.29, 1.82) is 0 Å². The summed E-state index contributed by atoms with van der Waals surface area (Å²) >= 11 is 0. The van der Waals surface area contributed by atoms with Crippen molar-refractivity contribution < 1.29 is 34.4 Å². The highest BCUT2D eigenvalue weighted by Crippen LogP contribution is 2.26. The number of hydrogen-bond acceptors (Lipinski definition) is 5. The SMILES string of the molecule is Cc1ccc(C(OCC[N+](C)(C)O)c2ccccc2)cc1.O=C([O-])/C=C\C(=O)O. The van der Waals surface area contributed by atoms with Crippen molar-refractivity contribution in [3.8, 4) is 0 Å². The summed E-state index contributed by atoms with van der Waals surface area (Å²) in [5, 5.41) is 27.0. The number of quaternary nitrogens is 1. The van der Waals surface area contributed by atoms with Gasteiger partial charge in [0, 0.05) is 6.08 Å². The molecule has 0 aliphatic rings. The normalized spacial score (nSPS) is 12.1. The van der Waals surface area contributed by atoms with Gasteiger partial charge in [-0.1, -0.05) is 60.2 Å². The van der Waals surface area contributed by atoms with Gasteiger partial charge in [0.2, 0.25) is 0 Å². The molecule has 29 heavy (non-hydrogen) atoms. The van der Waals surface area contributed by atoms with Crippen molar-refractivity contribution in [2.45, 2.75) is 13.0 Å². The van der Waals surface area contributed by atoms with Crippen molar-refractivity contribution in [3.05, 3.63) is 83.4 Å². The lowest BCUT2D eigenvalue weighted by atomic mass is 10.0. The van der Waals surface area contributed by atoms with Crippen LogP contribution in [0.15, 0.2) is 66.7 Å². The maximum atomic E-state index is 9.77. The second-order valence-electron chi connectivity index (χ2n) is 6.91. The third kappa shape index (κ3) is 10.8. The summed E-state index contributed by atoms with van der Waals surface area (Å²) in [6, 6.07) is 18.6. The van der Waals surface area contributed by atoms with E-state index in [1.165, 1.54) is 5.56 Å². The van der Waals surface area contributed by atoms with Crippen LogP contribution in [0.25, 0.3) is 0 Å². The topological polar surface area (TPSA) is 107 Å². The standard InChI is InChI=1S/C18H24NO2.C4H4O4/c1-15-9-11-17(12-10-15)18(16-7-5-4-6-8-16)21-14-13-19(2,3)20;5-3(6)1-2-4(7)8/h4-12,18,20H,13-14H2,1-3H3;1-2H,(H,5,6)(H,7,8)/q+1;/p-1/b;2-1-. The van der Waals surface area contributed by atoms with E-state index in [4.69, 9.17) is 9.84 Å². The largest absolute Gasteiger partial charge is 0.545 e. The molecule has 0 saturated heterocycles. The average Bonchev–Trinajstić information content (AvgIpc) is 2.65. The molecule has 0 aliphatic heterocycles. The molecule has 0 fully saturated rings. The van der Waals surface area contributed by atoms with Gasteiger partial charge in [-0.05, 0) is 24.1 Å². The molecule has 0 aromatic heterocycles. The molecule has 7 nitrogen and oxygen atoms in total. The summed E-state index contributed by atoms with van der Waals surface area (Å²) in [5.74, 6) is -2.80. The van der Waals surface area contributed by atoms with Gasteiger partial charge in [-0.25, -0.2) is 10.0 Å². The summed E-state index contributed by atoms with van der Waals surface area (Å²) in [7, 11) is 3.49. The highest BCUT2D eigenvalue weighted by Gasteiger charge is 2.17. The van der Waals surface area contributed by atoms with Crippen LogP contribution in [-0.2, 0) is 14.3 Å². The zero-order valence-electron chi connectivity index (χ0n) is 16.8. The predicted octanol–water partition coefficient (Wildman–Crippen LogP) is 1.94. The van der Waals surface area contributed by atoms with Gasteiger partial charge < -0.3 is 19.7 Å². The van der Waals surface area contributed by atoms with E-state index in [0.717, 1.165) is 11.1 Å². The van der Waals surface area contributed by atoms with Gasteiger partial charge in [0.1, 0.15) is 12.6 Å². The van der Waals surface area contributed by atoms with Crippen LogP contribution in [0.2, 0.25) is 0 Å². The first kappa shape index (κ1) is 24.0. The molecule has 7 heteroatoms. The Morgan fingerprint density at radius 2 is 1.59 bits per heavy atom. The molecule has 2 rings (SSSR count). The fraction of sp³-hybridized carbons (Fsp3) is 0.273. The number of hydroxylamine groups is 3. The first-order valence-corrected chi connectivity index (χ1v) is 8.99. The van der Waals surface area contributed by atoms with Crippen LogP contribution in [-0.4, -0.2) is 54.1 Å². The van der Waals surface area contributed by atoms with Gasteiger partial charge in [-0.15, -0.1) is 0 Å². The summed E-state index contributed by atoms with van der Waals surface area (Å²) in [6.07, 6.45) is 0.843. The maximum Gasteiger partial charge on any atom is 0.328 e. The fourth-order valence-corrected chi connectivity index (χ4v) is 2.29. The number of rotatable bonds is 8. The van der Waals surface area contributed by atoms with Crippen LogP contribution in [0.3, 0.4) is 0 Å². The van der Waals surface area contributed by atoms with Crippen LogP contribution in [0.5, 0.6) is 0 Å². The third-order valence-corrected chi connectivity index (χ3v) is 3.77. The Balaban J connectivity index is 0.000000447.